The molecular weight excluding hydrogens is 240 g/mol. The van der Waals surface area contributed by atoms with Crippen LogP contribution >= 0.6 is 0 Å². The molecule has 1 saturated heterocycles. The summed E-state index contributed by atoms with van der Waals surface area (Å²) < 4.78 is 4.73. The molecular formula is C15H30N2O2. The lowest BCUT2D eigenvalue weighted by molar-refractivity contribution is -0.141. The van der Waals surface area contributed by atoms with E-state index in [1.807, 2.05) is 0 Å². The summed E-state index contributed by atoms with van der Waals surface area (Å²) in [4.78, 5) is 13.7. The molecule has 0 aliphatic carbocycles. The van der Waals surface area contributed by atoms with Crippen molar-refractivity contribution in [1.29, 1.82) is 0 Å². The van der Waals surface area contributed by atoms with Crippen LogP contribution in [0.25, 0.3) is 0 Å². The Morgan fingerprint density at radius 2 is 2.16 bits per heavy atom. The van der Waals surface area contributed by atoms with Crippen molar-refractivity contribution >= 4 is 5.97 Å². The number of carbonyl (C=O) groups is 1. The van der Waals surface area contributed by atoms with Gasteiger partial charge in [-0.25, -0.2) is 0 Å². The van der Waals surface area contributed by atoms with E-state index in [0.717, 1.165) is 32.1 Å². The Kier molecular flexibility index (Phi) is 7.39. The van der Waals surface area contributed by atoms with Gasteiger partial charge in [-0.15, -0.1) is 0 Å². The Balaban J connectivity index is 2.47. The molecule has 1 rings (SSSR count). The minimum Gasteiger partial charge on any atom is -0.469 e. The summed E-state index contributed by atoms with van der Waals surface area (Å²) in [6.45, 7) is 10.9. The maximum atomic E-state index is 11.3. The minimum absolute atomic E-state index is 0.107. The predicted octanol–water partition coefficient (Wildman–Crippen LogP) is 1.90. The number of methoxy groups -OCH3 is 1. The molecule has 0 saturated carbocycles. The molecule has 4 nitrogen and oxygen atoms in total. The molecule has 0 spiro atoms. The van der Waals surface area contributed by atoms with Gasteiger partial charge in [-0.1, -0.05) is 20.8 Å². The van der Waals surface area contributed by atoms with Crippen LogP contribution in [0.1, 0.15) is 40.0 Å². The third-order valence-corrected chi connectivity index (χ3v) is 4.04. The fourth-order valence-corrected chi connectivity index (χ4v) is 2.75. The summed E-state index contributed by atoms with van der Waals surface area (Å²) in [5.41, 5.74) is 0. The van der Waals surface area contributed by atoms with Gasteiger partial charge in [0.25, 0.3) is 0 Å². The number of piperidine rings is 1. The number of esters is 1. The van der Waals surface area contributed by atoms with E-state index >= 15 is 0 Å². The number of hydrogen-bond acceptors (Lipinski definition) is 4. The van der Waals surface area contributed by atoms with Crippen molar-refractivity contribution < 1.29 is 9.53 Å². The Hall–Kier alpha value is -0.610. The Morgan fingerprint density at radius 3 is 2.74 bits per heavy atom. The number of hydrogen-bond donors (Lipinski definition) is 1. The average Bonchev–Trinajstić information content (AvgIpc) is 2.42. The van der Waals surface area contributed by atoms with E-state index in [0.29, 0.717) is 18.4 Å². The van der Waals surface area contributed by atoms with Gasteiger partial charge in [-0.05, 0) is 31.2 Å². The van der Waals surface area contributed by atoms with Crippen LogP contribution in [0.15, 0.2) is 0 Å². The monoisotopic (exact) mass is 270 g/mol. The maximum absolute atomic E-state index is 11.3. The average molecular weight is 270 g/mol. The van der Waals surface area contributed by atoms with Gasteiger partial charge in [-0.2, -0.15) is 0 Å². The van der Waals surface area contributed by atoms with E-state index in [-0.39, 0.29) is 5.97 Å². The first-order valence-electron chi connectivity index (χ1n) is 7.59. The molecule has 0 amide bonds. The van der Waals surface area contributed by atoms with Gasteiger partial charge in [0.15, 0.2) is 0 Å². The van der Waals surface area contributed by atoms with Crippen molar-refractivity contribution in [3.8, 4) is 0 Å². The van der Waals surface area contributed by atoms with Gasteiger partial charge in [0.05, 0.1) is 13.5 Å². The van der Waals surface area contributed by atoms with Crippen molar-refractivity contribution in [2.24, 2.45) is 11.8 Å². The first kappa shape index (κ1) is 16.4. The number of carbonyl (C=O) groups excluding carboxylic acids is 1. The lowest BCUT2D eigenvalue weighted by Gasteiger charge is -2.39. The van der Waals surface area contributed by atoms with E-state index in [9.17, 15) is 4.79 Å². The van der Waals surface area contributed by atoms with Crippen molar-refractivity contribution in [2.45, 2.75) is 46.1 Å². The molecule has 1 aliphatic heterocycles. The summed E-state index contributed by atoms with van der Waals surface area (Å²) in [6, 6.07) is 0.568. The normalized spacial score (nSPS) is 24.7. The smallest absolute Gasteiger partial charge is 0.306 e. The van der Waals surface area contributed by atoms with Crippen LogP contribution < -0.4 is 5.32 Å². The lowest BCUT2D eigenvalue weighted by Crippen LogP contribution is -2.50. The van der Waals surface area contributed by atoms with Gasteiger partial charge < -0.3 is 15.0 Å². The largest absolute Gasteiger partial charge is 0.469 e. The predicted molar refractivity (Wildman–Crippen MR) is 78.1 cm³/mol. The summed E-state index contributed by atoms with van der Waals surface area (Å²) in [7, 11) is 1.46. The van der Waals surface area contributed by atoms with Crippen LogP contribution in [0.4, 0.5) is 0 Å². The van der Waals surface area contributed by atoms with E-state index in [2.05, 4.69) is 31.0 Å². The zero-order valence-corrected chi connectivity index (χ0v) is 12.9. The summed E-state index contributed by atoms with van der Waals surface area (Å²) in [6.07, 6.45) is 2.93. The zero-order chi connectivity index (χ0) is 14.3. The third kappa shape index (κ3) is 5.91. The second-order valence-electron chi connectivity index (χ2n) is 5.98. The molecule has 1 heterocycles. The number of nitrogens with zero attached hydrogens (tertiary/aromatic N) is 1. The second kappa shape index (κ2) is 8.54. The van der Waals surface area contributed by atoms with Crippen LogP contribution in [0.3, 0.4) is 0 Å². The first-order chi connectivity index (χ1) is 9.06. The third-order valence-electron chi connectivity index (χ3n) is 4.04. The van der Waals surface area contributed by atoms with Gasteiger partial charge in [0, 0.05) is 25.7 Å². The van der Waals surface area contributed by atoms with E-state index in [1.165, 1.54) is 20.0 Å². The molecule has 1 aliphatic rings. The van der Waals surface area contributed by atoms with Crippen LogP contribution in [-0.2, 0) is 9.53 Å². The molecule has 0 aromatic carbocycles. The number of rotatable bonds is 7. The van der Waals surface area contributed by atoms with E-state index in [4.69, 9.17) is 4.74 Å². The molecule has 19 heavy (non-hydrogen) atoms. The zero-order valence-electron chi connectivity index (χ0n) is 12.9. The highest BCUT2D eigenvalue weighted by molar-refractivity contribution is 5.69. The summed E-state index contributed by atoms with van der Waals surface area (Å²) in [5, 5.41) is 3.63. The topological polar surface area (TPSA) is 41.6 Å². The van der Waals surface area contributed by atoms with Crippen LogP contribution in [0, 0.1) is 11.8 Å². The fraction of sp³-hybridized carbons (Fsp3) is 0.933. The Morgan fingerprint density at radius 1 is 1.42 bits per heavy atom. The van der Waals surface area contributed by atoms with Crippen LogP contribution in [0.2, 0.25) is 0 Å². The van der Waals surface area contributed by atoms with Gasteiger partial charge >= 0.3 is 5.97 Å². The van der Waals surface area contributed by atoms with Gasteiger partial charge in [0.2, 0.25) is 0 Å². The quantitative estimate of drug-likeness (QED) is 0.717. The van der Waals surface area contributed by atoms with E-state index < -0.39 is 0 Å². The molecule has 1 N–H and O–H groups in total. The molecule has 4 heteroatoms. The lowest BCUT2D eigenvalue weighted by atomic mass is 9.85. The molecule has 0 aromatic rings. The molecule has 2 atom stereocenters. The SMILES string of the molecule is CCCNC1CC(C(C)C)CN(CCC(=O)OC)C1. The molecule has 2 unspecified atom stereocenters. The van der Waals surface area contributed by atoms with Crippen LogP contribution in [-0.4, -0.2) is 50.2 Å². The maximum Gasteiger partial charge on any atom is 0.306 e. The number of likely N-dealkylation sites (tertiary alicyclic amines) is 1. The molecule has 0 radical (unpaired) electrons. The fourth-order valence-electron chi connectivity index (χ4n) is 2.75. The molecule has 0 aromatic heterocycles. The summed E-state index contributed by atoms with van der Waals surface area (Å²) >= 11 is 0. The Labute approximate surface area is 117 Å². The van der Waals surface area contributed by atoms with E-state index in [1.54, 1.807) is 0 Å². The highest BCUT2D eigenvalue weighted by atomic mass is 16.5. The minimum atomic E-state index is -0.107. The second-order valence-corrected chi connectivity index (χ2v) is 5.98. The van der Waals surface area contributed by atoms with Crippen molar-refractivity contribution in [3.05, 3.63) is 0 Å². The highest BCUT2D eigenvalue weighted by Gasteiger charge is 2.28. The number of nitrogens with one attached hydrogen (secondary N) is 1. The van der Waals surface area contributed by atoms with Crippen molar-refractivity contribution in [1.82, 2.24) is 10.2 Å². The summed E-state index contributed by atoms with van der Waals surface area (Å²) in [5.74, 6) is 1.32. The standard InChI is InChI=1S/C15H30N2O2/c1-5-7-16-14-9-13(12(2)3)10-17(11-14)8-6-15(18)19-4/h12-14,16H,5-11H2,1-4H3. The highest BCUT2D eigenvalue weighted by Crippen LogP contribution is 2.24. The van der Waals surface area contributed by atoms with Crippen LogP contribution in [0.5, 0.6) is 0 Å². The molecule has 0 bridgehead atoms. The number of ether oxygens (including phenoxy) is 1. The Bertz CT molecular complexity index is 269. The first-order valence-corrected chi connectivity index (χ1v) is 7.59. The van der Waals surface area contributed by atoms with Gasteiger partial charge in [-0.3, -0.25) is 4.79 Å². The van der Waals surface area contributed by atoms with Gasteiger partial charge in [0.1, 0.15) is 0 Å². The van der Waals surface area contributed by atoms with Crippen molar-refractivity contribution in [3.63, 3.8) is 0 Å². The molecule has 1 fully saturated rings. The van der Waals surface area contributed by atoms with Crippen molar-refractivity contribution in [2.75, 3.05) is 33.3 Å². The molecule has 112 valence electrons.